The highest BCUT2D eigenvalue weighted by molar-refractivity contribution is 5.76. The van der Waals surface area contributed by atoms with Gasteiger partial charge in [0.15, 0.2) is 6.29 Å². The van der Waals surface area contributed by atoms with Crippen molar-refractivity contribution in [2.75, 3.05) is 13.2 Å². The van der Waals surface area contributed by atoms with Crippen LogP contribution in [0.25, 0.3) is 0 Å². The molecule has 1 aliphatic rings. The summed E-state index contributed by atoms with van der Waals surface area (Å²) in [6, 6.07) is -0.718. The second-order valence-corrected chi connectivity index (χ2v) is 17.3. The SMILES string of the molecule is CCCCCCC/C=C\C/C=C\CCCCCCCCCCCC(=O)NC(COC1OC(CO)C(O)C(O)C1O)C(O)CCCCCCCCCCCCCCCC. The van der Waals surface area contributed by atoms with Gasteiger partial charge < -0.3 is 40.3 Å². The van der Waals surface area contributed by atoms with E-state index in [0.29, 0.717) is 12.8 Å². The van der Waals surface area contributed by atoms with Crippen molar-refractivity contribution < 1.29 is 39.8 Å². The molecule has 9 heteroatoms. The van der Waals surface area contributed by atoms with Crippen molar-refractivity contribution in [1.82, 2.24) is 5.32 Å². The zero-order valence-electron chi connectivity index (χ0n) is 37.6. The van der Waals surface area contributed by atoms with E-state index in [1.165, 1.54) is 154 Å². The van der Waals surface area contributed by atoms with Gasteiger partial charge in [-0.3, -0.25) is 4.79 Å². The molecule has 0 aliphatic carbocycles. The van der Waals surface area contributed by atoms with Gasteiger partial charge in [-0.25, -0.2) is 0 Å². The molecule has 0 bridgehead atoms. The lowest BCUT2D eigenvalue weighted by molar-refractivity contribution is -0.302. The van der Waals surface area contributed by atoms with E-state index in [-0.39, 0.29) is 12.5 Å². The van der Waals surface area contributed by atoms with Crippen LogP contribution in [0.5, 0.6) is 0 Å². The Morgan fingerprint density at radius 2 is 1.02 bits per heavy atom. The molecule has 0 aromatic carbocycles. The number of nitrogens with one attached hydrogen (secondary N) is 1. The largest absolute Gasteiger partial charge is 0.394 e. The highest BCUT2D eigenvalue weighted by Gasteiger charge is 2.44. The summed E-state index contributed by atoms with van der Waals surface area (Å²) < 4.78 is 11.3. The molecule has 342 valence electrons. The Labute approximate surface area is 356 Å². The third-order valence-electron chi connectivity index (χ3n) is 11.8. The number of hydrogen-bond donors (Lipinski definition) is 6. The monoisotopic (exact) mass is 824 g/mol. The number of allylic oxidation sites excluding steroid dienone is 4. The summed E-state index contributed by atoms with van der Waals surface area (Å²) >= 11 is 0. The predicted molar refractivity (Wildman–Crippen MR) is 240 cm³/mol. The van der Waals surface area contributed by atoms with Crippen molar-refractivity contribution in [3.05, 3.63) is 24.3 Å². The van der Waals surface area contributed by atoms with Crippen molar-refractivity contribution in [3.63, 3.8) is 0 Å². The third kappa shape index (κ3) is 29.8. The maximum atomic E-state index is 13.0. The molecule has 1 rings (SSSR count). The smallest absolute Gasteiger partial charge is 0.220 e. The minimum Gasteiger partial charge on any atom is -0.394 e. The van der Waals surface area contributed by atoms with Gasteiger partial charge in [0.25, 0.3) is 0 Å². The number of hydrogen-bond acceptors (Lipinski definition) is 8. The molecule has 58 heavy (non-hydrogen) atoms. The van der Waals surface area contributed by atoms with Crippen LogP contribution in [0.15, 0.2) is 24.3 Å². The zero-order valence-corrected chi connectivity index (χ0v) is 37.6. The van der Waals surface area contributed by atoms with E-state index >= 15 is 0 Å². The lowest BCUT2D eigenvalue weighted by Gasteiger charge is -2.40. The van der Waals surface area contributed by atoms with Crippen molar-refractivity contribution in [2.45, 2.75) is 269 Å². The Bertz CT molecular complexity index is 961. The molecule has 1 amide bonds. The Morgan fingerprint density at radius 3 is 1.48 bits per heavy atom. The fourth-order valence-electron chi connectivity index (χ4n) is 7.84. The van der Waals surface area contributed by atoms with Gasteiger partial charge in [0.05, 0.1) is 25.4 Å². The number of aliphatic hydroxyl groups is 5. The van der Waals surface area contributed by atoms with Crippen LogP contribution in [0.3, 0.4) is 0 Å². The summed E-state index contributed by atoms with van der Waals surface area (Å²) in [4.78, 5) is 13.0. The summed E-state index contributed by atoms with van der Waals surface area (Å²) in [6.07, 6.45) is 40.4. The maximum Gasteiger partial charge on any atom is 0.220 e. The summed E-state index contributed by atoms with van der Waals surface area (Å²) in [5, 5.41) is 54.4. The molecule has 1 aliphatic heterocycles. The Balaban J connectivity index is 2.28. The van der Waals surface area contributed by atoms with Gasteiger partial charge in [0, 0.05) is 6.42 Å². The first-order valence-electron chi connectivity index (χ1n) is 24.5. The first kappa shape index (κ1) is 54.7. The van der Waals surface area contributed by atoms with Crippen LogP contribution in [0.4, 0.5) is 0 Å². The molecule has 0 saturated carbocycles. The van der Waals surface area contributed by atoms with Crippen LogP contribution in [0.1, 0.15) is 226 Å². The molecule has 1 fully saturated rings. The van der Waals surface area contributed by atoms with E-state index in [0.717, 1.165) is 44.9 Å². The van der Waals surface area contributed by atoms with E-state index in [4.69, 9.17) is 9.47 Å². The summed E-state index contributed by atoms with van der Waals surface area (Å²) in [5.41, 5.74) is 0. The first-order valence-corrected chi connectivity index (χ1v) is 24.5. The standard InChI is InChI=1S/C49H93NO8/c1-3-5-7-9-11-13-15-17-19-20-21-22-23-24-25-27-29-31-33-35-37-39-45(53)50-42(41-57-49-48(56)47(55)46(54)44(40-51)58-49)43(52)38-36-34-32-30-28-26-18-16-14-12-10-8-6-4-2/h15,17,20-21,42-44,46-49,51-52,54-56H,3-14,16,18-19,22-41H2,1-2H3,(H,50,53)/b17-15-,21-20-. The molecule has 0 aromatic rings. The minimum atomic E-state index is -1.55. The number of aliphatic hydroxyl groups excluding tert-OH is 5. The summed E-state index contributed by atoms with van der Waals surface area (Å²) in [6.45, 7) is 3.83. The van der Waals surface area contributed by atoms with Crippen molar-refractivity contribution in [1.29, 1.82) is 0 Å². The van der Waals surface area contributed by atoms with Crippen molar-refractivity contribution in [3.8, 4) is 0 Å². The van der Waals surface area contributed by atoms with Crippen LogP contribution < -0.4 is 5.32 Å². The maximum absolute atomic E-state index is 13.0. The van der Waals surface area contributed by atoms with E-state index in [1.54, 1.807) is 0 Å². The fraction of sp³-hybridized carbons (Fsp3) is 0.898. The number of unbranched alkanes of at least 4 members (excludes halogenated alkanes) is 27. The van der Waals surface area contributed by atoms with Crippen LogP contribution in [0, 0.1) is 0 Å². The second kappa shape index (κ2) is 39.8. The topological polar surface area (TPSA) is 149 Å². The fourth-order valence-corrected chi connectivity index (χ4v) is 7.84. The predicted octanol–water partition coefficient (Wildman–Crippen LogP) is 10.7. The average molecular weight is 824 g/mol. The van der Waals surface area contributed by atoms with Gasteiger partial charge in [-0.15, -0.1) is 0 Å². The lowest BCUT2D eigenvalue weighted by Crippen LogP contribution is -2.60. The van der Waals surface area contributed by atoms with E-state index in [1.807, 2.05) is 0 Å². The van der Waals surface area contributed by atoms with Crippen LogP contribution in [-0.2, 0) is 14.3 Å². The number of carbonyl (C=O) groups is 1. The second-order valence-electron chi connectivity index (χ2n) is 17.3. The average Bonchev–Trinajstić information content (AvgIpc) is 3.22. The van der Waals surface area contributed by atoms with Crippen molar-refractivity contribution in [2.24, 2.45) is 0 Å². The first-order chi connectivity index (χ1) is 28.3. The number of carbonyl (C=O) groups excluding carboxylic acids is 1. The number of rotatable bonds is 41. The molecule has 1 saturated heterocycles. The molecule has 0 spiro atoms. The van der Waals surface area contributed by atoms with Gasteiger partial charge in [-0.2, -0.15) is 0 Å². The molecule has 7 unspecified atom stereocenters. The molecule has 9 nitrogen and oxygen atoms in total. The quantitative estimate of drug-likeness (QED) is 0.0264. The molecular formula is C49H93NO8. The summed E-state index contributed by atoms with van der Waals surface area (Å²) in [7, 11) is 0. The number of amides is 1. The van der Waals surface area contributed by atoms with E-state index in [9.17, 15) is 30.3 Å². The van der Waals surface area contributed by atoms with Gasteiger partial charge >= 0.3 is 0 Å². The van der Waals surface area contributed by atoms with Crippen LogP contribution >= 0.6 is 0 Å². The minimum absolute atomic E-state index is 0.138. The third-order valence-corrected chi connectivity index (χ3v) is 11.8. The van der Waals surface area contributed by atoms with Crippen molar-refractivity contribution >= 4 is 5.91 Å². The molecule has 1 heterocycles. The number of ether oxygens (including phenoxy) is 2. The Hall–Kier alpha value is -1.33. The van der Waals surface area contributed by atoms with Gasteiger partial charge in [0.1, 0.15) is 24.4 Å². The Morgan fingerprint density at radius 1 is 0.586 bits per heavy atom. The molecule has 0 radical (unpaired) electrons. The van der Waals surface area contributed by atoms with Crippen LogP contribution in [-0.4, -0.2) is 87.5 Å². The van der Waals surface area contributed by atoms with Gasteiger partial charge in [0.2, 0.25) is 5.91 Å². The molecule has 0 aromatic heterocycles. The van der Waals surface area contributed by atoms with Gasteiger partial charge in [-0.1, -0.05) is 199 Å². The Kier molecular flexibility index (Phi) is 37.5. The van der Waals surface area contributed by atoms with Crippen LogP contribution in [0.2, 0.25) is 0 Å². The summed E-state index contributed by atoms with van der Waals surface area (Å²) in [5.74, 6) is -0.148. The van der Waals surface area contributed by atoms with E-state index < -0.39 is 49.5 Å². The van der Waals surface area contributed by atoms with Gasteiger partial charge in [-0.05, 0) is 44.9 Å². The zero-order chi connectivity index (χ0) is 42.3. The normalized spacial score (nSPS) is 21.0. The highest BCUT2D eigenvalue weighted by Crippen LogP contribution is 2.23. The molecule has 6 N–H and O–H groups in total. The highest BCUT2D eigenvalue weighted by atomic mass is 16.7. The lowest BCUT2D eigenvalue weighted by atomic mass is 9.99. The molecule has 7 atom stereocenters. The molecular weight excluding hydrogens is 731 g/mol. The van der Waals surface area contributed by atoms with E-state index in [2.05, 4.69) is 43.5 Å².